The molecule has 17 nitrogen and oxygen atoms in total. The van der Waals surface area contributed by atoms with E-state index in [1.54, 1.807) is 0 Å². The summed E-state index contributed by atoms with van der Waals surface area (Å²) in [7, 11) is -9.91. The van der Waals surface area contributed by atoms with Gasteiger partial charge >= 0.3 is 39.5 Å². The molecule has 0 aromatic carbocycles. The molecule has 0 radical (unpaired) electrons. The van der Waals surface area contributed by atoms with Crippen LogP contribution < -0.4 is 0 Å². The minimum atomic E-state index is -4.95. The van der Waals surface area contributed by atoms with Gasteiger partial charge in [-0.2, -0.15) is 0 Å². The van der Waals surface area contributed by atoms with Crippen molar-refractivity contribution in [2.24, 2.45) is 17.8 Å². The van der Waals surface area contributed by atoms with Crippen LogP contribution in [0.2, 0.25) is 0 Å². The zero-order valence-corrected chi connectivity index (χ0v) is 61.8. The van der Waals surface area contributed by atoms with E-state index in [0.29, 0.717) is 31.6 Å². The van der Waals surface area contributed by atoms with E-state index in [-0.39, 0.29) is 25.7 Å². The monoisotopic (exact) mass is 1350 g/mol. The second-order valence-corrected chi connectivity index (χ2v) is 30.7. The number of carbonyl (C=O) groups excluding carboxylic acids is 4. The normalized spacial score (nSPS) is 14.1. The van der Waals surface area contributed by atoms with E-state index in [1.807, 2.05) is 0 Å². The number of ether oxygens (including phenoxy) is 4. The van der Waals surface area contributed by atoms with Crippen LogP contribution in [0.4, 0.5) is 0 Å². The molecule has 546 valence electrons. The Bertz CT molecular complexity index is 1800. The van der Waals surface area contributed by atoms with Gasteiger partial charge in [0.05, 0.1) is 26.4 Å². The molecule has 0 bridgehead atoms. The van der Waals surface area contributed by atoms with Gasteiger partial charge in [-0.1, -0.05) is 318 Å². The van der Waals surface area contributed by atoms with Crippen LogP contribution in [-0.2, 0) is 65.4 Å². The number of hydrogen-bond acceptors (Lipinski definition) is 15. The summed E-state index contributed by atoms with van der Waals surface area (Å²) in [5, 5.41) is 10.6. The van der Waals surface area contributed by atoms with E-state index in [0.717, 1.165) is 108 Å². The van der Waals surface area contributed by atoms with Gasteiger partial charge in [-0.15, -0.1) is 0 Å². The average Bonchev–Trinajstić information content (AvgIpc) is 2.99. The summed E-state index contributed by atoms with van der Waals surface area (Å²) >= 11 is 0. The number of unbranched alkanes of at least 4 members (excludes halogenated alkanes) is 39. The number of rotatable bonds is 71. The van der Waals surface area contributed by atoms with Crippen LogP contribution in [0, 0.1) is 17.8 Å². The quantitative estimate of drug-likeness (QED) is 0.0222. The predicted octanol–water partition coefficient (Wildman–Crippen LogP) is 21.0. The van der Waals surface area contributed by atoms with E-state index < -0.39 is 97.5 Å². The van der Waals surface area contributed by atoms with Crippen molar-refractivity contribution >= 4 is 39.5 Å². The van der Waals surface area contributed by atoms with Crippen LogP contribution in [0.1, 0.15) is 370 Å². The largest absolute Gasteiger partial charge is 0.472 e. The predicted molar refractivity (Wildman–Crippen MR) is 372 cm³/mol. The molecule has 92 heavy (non-hydrogen) atoms. The summed E-state index contributed by atoms with van der Waals surface area (Å²) in [6.45, 7) is 11.8. The third-order valence-corrected chi connectivity index (χ3v) is 18.8. The molecular weight excluding hydrogens is 1210 g/mol. The van der Waals surface area contributed by atoms with E-state index in [1.165, 1.54) is 173 Å². The molecule has 2 unspecified atom stereocenters. The number of phosphoric ester groups is 2. The maximum atomic E-state index is 13.1. The third kappa shape index (κ3) is 66.7. The van der Waals surface area contributed by atoms with E-state index >= 15 is 0 Å². The maximum absolute atomic E-state index is 13.1. The summed E-state index contributed by atoms with van der Waals surface area (Å²) < 4.78 is 68.4. The molecule has 0 fully saturated rings. The Morgan fingerprint density at radius 2 is 0.500 bits per heavy atom. The molecule has 19 heteroatoms. The molecule has 0 aliphatic carbocycles. The second kappa shape index (κ2) is 63.8. The van der Waals surface area contributed by atoms with Crippen LogP contribution in [0.3, 0.4) is 0 Å². The lowest BCUT2D eigenvalue weighted by molar-refractivity contribution is -0.161. The summed E-state index contributed by atoms with van der Waals surface area (Å²) in [5.74, 6) is 0.116. The van der Waals surface area contributed by atoms with Crippen molar-refractivity contribution in [1.82, 2.24) is 0 Å². The summed E-state index contributed by atoms with van der Waals surface area (Å²) in [4.78, 5) is 72.7. The fourth-order valence-corrected chi connectivity index (χ4v) is 12.7. The van der Waals surface area contributed by atoms with Crippen molar-refractivity contribution in [3.05, 3.63) is 0 Å². The number of phosphoric acid groups is 2. The zero-order valence-electron chi connectivity index (χ0n) is 60.0. The molecule has 0 aromatic rings. The second-order valence-electron chi connectivity index (χ2n) is 27.8. The van der Waals surface area contributed by atoms with Crippen molar-refractivity contribution < 1.29 is 80.2 Å². The Morgan fingerprint density at radius 3 is 0.739 bits per heavy atom. The average molecular weight is 1350 g/mol. The van der Waals surface area contributed by atoms with Crippen molar-refractivity contribution in [3.8, 4) is 0 Å². The highest BCUT2D eigenvalue weighted by Gasteiger charge is 2.30. The van der Waals surface area contributed by atoms with Gasteiger partial charge in [0.15, 0.2) is 12.2 Å². The molecule has 5 atom stereocenters. The van der Waals surface area contributed by atoms with Crippen LogP contribution in [0.25, 0.3) is 0 Å². The minimum absolute atomic E-state index is 0.106. The zero-order chi connectivity index (χ0) is 68.0. The maximum Gasteiger partial charge on any atom is 0.472 e. The fourth-order valence-electron chi connectivity index (χ4n) is 11.1. The van der Waals surface area contributed by atoms with Gasteiger partial charge in [-0.25, -0.2) is 9.13 Å². The Balaban J connectivity index is 5.25. The molecule has 3 N–H and O–H groups in total. The lowest BCUT2D eigenvalue weighted by atomic mass is 10.0. The van der Waals surface area contributed by atoms with Crippen molar-refractivity contribution in [3.63, 3.8) is 0 Å². The van der Waals surface area contributed by atoms with Gasteiger partial charge in [0, 0.05) is 25.7 Å². The Hall–Kier alpha value is -1.94. The number of aliphatic hydroxyl groups excluding tert-OH is 1. The third-order valence-electron chi connectivity index (χ3n) is 16.9. The smallest absolute Gasteiger partial charge is 0.462 e. The molecule has 0 heterocycles. The van der Waals surface area contributed by atoms with Gasteiger partial charge in [0.2, 0.25) is 0 Å². The van der Waals surface area contributed by atoms with Crippen LogP contribution in [0.5, 0.6) is 0 Å². The molecule has 0 rings (SSSR count). The van der Waals surface area contributed by atoms with Gasteiger partial charge < -0.3 is 33.8 Å². The van der Waals surface area contributed by atoms with Crippen LogP contribution in [0.15, 0.2) is 0 Å². The molecular formula is C73H142O17P2. The molecule has 0 saturated heterocycles. The van der Waals surface area contributed by atoms with E-state index in [2.05, 4.69) is 48.5 Å². The van der Waals surface area contributed by atoms with Crippen LogP contribution in [-0.4, -0.2) is 96.7 Å². The fraction of sp³-hybridized carbons (Fsp3) is 0.945. The highest BCUT2D eigenvalue weighted by molar-refractivity contribution is 7.47. The Labute approximate surface area is 562 Å². The highest BCUT2D eigenvalue weighted by atomic mass is 31.2. The van der Waals surface area contributed by atoms with Gasteiger partial charge in [-0.3, -0.25) is 37.3 Å². The number of carbonyl (C=O) groups is 4. The first-order valence-corrected chi connectivity index (χ1v) is 40.8. The van der Waals surface area contributed by atoms with Gasteiger partial charge in [0.25, 0.3) is 0 Å². The lowest BCUT2D eigenvalue weighted by Crippen LogP contribution is -2.30. The Kier molecular flexibility index (Phi) is 62.4. The van der Waals surface area contributed by atoms with Crippen molar-refractivity contribution in [1.29, 1.82) is 0 Å². The highest BCUT2D eigenvalue weighted by Crippen LogP contribution is 2.45. The molecule has 0 aromatic heterocycles. The molecule has 0 aliphatic rings. The van der Waals surface area contributed by atoms with Gasteiger partial charge in [-0.05, 0) is 43.4 Å². The number of esters is 4. The van der Waals surface area contributed by atoms with Crippen molar-refractivity contribution in [2.75, 3.05) is 39.6 Å². The SMILES string of the molecule is CCCCCCCCCCCCCCCC(=O)O[C@H](COC(=O)CCCCCCCCC(C)C)COP(=O)(O)OC[C@H](O)COP(=O)(O)OC[C@@H](COC(=O)CCCCCCCCCCCCCCC(C)C)OC(=O)CCCCCCCCCCCCCCC(C)C. The van der Waals surface area contributed by atoms with Crippen molar-refractivity contribution in [2.45, 2.75) is 388 Å². The molecule has 0 saturated carbocycles. The Morgan fingerprint density at radius 1 is 0.293 bits per heavy atom. The molecule has 0 aliphatic heterocycles. The lowest BCUT2D eigenvalue weighted by Gasteiger charge is -2.21. The standard InChI is InChI=1S/C73H142O17P2/c1-8-9-10-11-12-13-14-15-23-28-33-42-49-56-73(78)90-69(61-84-71(76)55-48-41-36-35-39-46-53-66(6)7)63-88-92(81,82)86-59-67(74)58-85-91(79,80)87-62-68(89-72(77)57-50-43-34-29-24-19-17-21-26-31-38-45-52-65(4)5)60-83-70(75)54-47-40-32-27-22-18-16-20-25-30-37-44-51-64(2)3/h64-69,74H,8-63H2,1-7H3,(H,79,80)(H,81,82)/t67-,68-,69-/m1/s1. The first kappa shape index (κ1) is 90.1. The number of aliphatic hydroxyl groups is 1. The summed E-state index contributed by atoms with van der Waals surface area (Å²) in [6, 6.07) is 0. The van der Waals surface area contributed by atoms with E-state index in [4.69, 9.17) is 37.0 Å². The summed E-state index contributed by atoms with van der Waals surface area (Å²) in [5.41, 5.74) is 0. The first-order valence-electron chi connectivity index (χ1n) is 37.8. The summed E-state index contributed by atoms with van der Waals surface area (Å²) in [6.07, 6.45) is 48.6. The number of hydrogen-bond donors (Lipinski definition) is 3. The van der Waals surface area contributed by atoms with Gasteiger partial charge in [0.1, 0.15) is 19.3 Å². The van der Waals surface area contributed by atoms with Crippen LogP contribution >= 0.6 is 15.6 Å². The topological polar surface area (TPSA) is 237 Å². The molecule has 0 amide bonds. The minimum Gasteiger partial charge on any atom is -0.462 e. The first-order chi connectivity index (χ1) is 44.2. The van der Waals surface area contributed by atoms with E-state index in [9.17, 15) is 43.2 Å². The molecule has 0 spiro atoms.